The average molecular weight is 353 g/mol. The zero-order valence-electron chi connectivity index (χ0n) is 12.8. The number of benzene rings is 1. The van der Waals surface area contributed by atoms with Gasteiger partial charge in [-0.1, -0.05) is 28.0 Å². The van der Waals surface area contributed by atoms with Gasteiger partial charge in [-0.25, -0.2) is 0 Å². The van der Waals surface area contributed by atoms with Crippen LogP contribution in [-0.4, -0.2) is 10.3 Å². The molecule has 0 amide bonds. The molecule has 0 aliphatic rings. The molecule has 2 rings (SSSR count). The molecule has 114 valence electrons. The molecule has 0 radical (unpaired) electrons. The van der Waals surface area contributed by atoms with Gasteiger partial charge in [0.2, 0.25) is 0 Å². The fraction of sp³-hybridized carbons (Fsp3) is 0.438. The third-order valence-electron chi connectivity index (χ3n) is 3.75. The summed E-state index contributed by atoms with van der Waals surface area (Å²) in [4.78, 5) is 0. The Labute approximate surface area is 133 Å². The summed E-state index contributed by atoms with van der Waals surface area (Å²) >= 11 is 3.46. The summed E-state index contributed by atoms with van der Waals surface area (Å²) < 4.78 is 6.19. The van der Waals surface area contributed by atoms with Gasteiger partial charge in [0.25, 0.3) is 0 Å². The zero-order chi connectivity index (χ0) is 15.6. The molecule has 1 heterocycles. The molecule has 0 aliphatic carbocycles. The van der Waals surface area contributed by atoms with Crippen molar-refractivity contribution in [3.05, 3.63) is 45.3 Å². The van der Waals surface area contributed by atoms with Crippen LogP contribution in [0.4, 0.5) is 0 Å². The largest absolute Gasteiger partial charge is 0.508 e. The van der Waals surface area contributed by atoms with Crippen LogP contribution in [0.1, 0.15) is 54.9 Å². The van der Waals surface area contributed by atoms with E-state index in [0.29, 0.717) is 5.75 Å². The number of nitrogens with zero attached hydrogens (tertiary/aromatic N) is 1. The van der Waals surface area contributed by atoms with E-state index in [4.69, 9.17) is 4.52 Å². The fourth-order valence-electron chi connectivity index (χ4n) is 2.73. The molecular weight excluding hydrogens is 332 g/mol. The van der Waals surface area contributed by atoms with Crippen LogP contribution in [0.25, 0.3) is 0 Å². The van der Waals surface area contributed by atoms with Crippen LogP contribution in [-0.2, 0) is 0 Å². The van der Waals surface area contributed by atoms with Crippen molar-refractivity contribution in [2.75, 3.05) is 0 Å². The van der Waals surface area contributed by atoms with E-state index >= 15 is 0 Å². The van der Waals surface area contributed by atoms with E-state index in [-0.39, 0.29) is 12.1 Å². The number of rotatable bonds is 5. The van der Waals surface area contributed by atoms with E-state index in [1.165, 1.54) is 0 Å². The van der Waals surface area contributed by atoms with Gasteiger partial charge in [-0.2, -0.15) is 0 Å². The van der Waals surface area contributed by atoms with Crippen molar-refractivity contribution >= 4 is 15.9 Å². The van der Waals surface area contributed by atoms with E-state index in [1.54, 1.807) is 6.07 Å². The van der Waals surface area contributed by atoms with Crippen LogP contribution < -0.4 is 5.32 Å². The second kappa shape index (κ2) is 6.62. The summed E-state index contributed by atoms with van der Waals surface area (Å²) in [7, 11) is 0. The third kappa shape index (κ3) is 3.47. The quantitative estimate of drug-likeness (QED) is 0.827. The number of halogens is 1. The number of aromatic hydroxyl groups is 1. The van der Waals surface area contributed by atoms with E-state index in [1.807, 2.05) is 26.0 Å². The molecule has 5 heteroatoms. The molecule has 0 saturated heterocycles. The first-order chi connectivity index (χ1) is 9.93. The van der Waals surface area contributed by atoms with Crippen LogP contribution in [0.3, 0.4) is 0 Å². The van der Waals surface area contributed by atoms with Gasteiger partial charge in [0.05, 0.1) is 5.69 Å². The molecule has 0 aliphatic heterocycles. The summed E-state index contributed by atoms with van der Waals surface area (Å²) in [5.41, 5.74) is 2.88. The van der Waals surface area contributed by atoms with Gasteiger partial charge in [0.15, 0.2) is 0 Å². The van der Waals surface area contributed by atoms with Crippen LogP contribution in [0.5, 0.6) is 5.75 Å². The minimum absolute atomic E-state index is 0.0613. The summed E-state index contributed by atoms with van der Waals surface area (Å²) in [5, 5.41) is 17.7. The maximum atomic E-state index is 10.1. The van der Waals surface area contributed by atoms with Gasteiger partial charge in [0.1, 0.15) is 11.5 Å². The normalized spacial score (nSPS) is 14.1. The molecule has 2 aromatic rings. The first-order valence-electron chi connectivity index (χ1n) is 7.11. The van der Waals surface area contributed by atoms with Crippen molar-refractivity contribution in [2.45, 2.75) is 46.2 Å². The molecule has 4 nitrogen and oxygen atoms in total. The van der Waals surface area contributed by atoms with Crippen molar-refractivity contribution in [2.24, 2.45) is 0 Å². The topological polar surface area (TPSA) is 58.3 Å². The van der Waals surface area contributed by atoms with Crippen LogP contribution in [0.2, 0.25) is 0 Å². The third-order valence-corrected chi connectivity index (χ3v) is 4.24. The number of aryl methyl sites for hydroxylation is 2. The van der Waals surface area contributed by atoms with Crippen molar-refractivity contribution in [3.8, 4) is 5.75 Å². The van der Waals surface area contributed by atoms with Gasteiger partial charge in [-0.15, -0.1) is 0 Å². The lowest BCUT2D eigenvalue weighted by Crippen LogP contribution is -2.25. The van der Waals surface area contributed by atoms with E-state index in [0.717, 1.165) is 33.5 Å². The van der Waals surface area contributed by atoms with Gasteiger partial charge >= 0.3 is 0 Å². The minimum Gasteiger partial charge on any atom is -0.508 e. The number of nitrogens with one attached hydrogen (secondary N) is 1. The molecule has 1 aromatic heterocycles. The van der Waals surface area contributed by atoms with Crippen molar-refractivity contribution < 1.29 is 9.63 Å². The Morgan fingerprint density at radius 3 is 2.67 bits per heavy atom. The number of hydrogen-bond acceptors (Lipinski definition) is 4. The number of phenols is 1. The fourth-order valence-corrected chi connectivity index (χ4v) is 3.10. The van der Waals surface area contributed by atoms with Gasteiger partial charge in [0, 0.05) is 27.7 Å². The van der Waals surface area contributed by atoms with E-state index in [9.17, 15) is 5.11 Å². The second-order valence-electron chi connectivity index (χ2n) is 5.29. The van der Waals surface area contributed by atoms with E-state index in [2.05, 4.69) is 40.3 Å². The first-order valence-corrected chi connectivity index (χ1v) is 7.90. The molecule has 1 aromatic carbocycles. The Morgan fingerprint density at radius 1 is 1.38 bits per heavy atom. The standard InChI is InChI=1S/C16H21BrN2O2/c1-5-14(13-8-12(17)6-7-15(13)20)18-9(2)16-10(3)19-21-11(16)4/h6-9,14,18,20H,5H2,1-4H3. The number of hydrogen-bond donors (Lipinski definition) is 2. The summed E-state index contributed by atoms with van der Waals surface area (Å²) in [6.07, 6.45) is 0.873. The molecular formula is C16H21BrN2O2. The minimum atomic E-state index is 0.0613. The lowest BCUT2D eigenvalue weighted by atomic mass is 10.00. The Hall–Kier alpha value is -1.33. The molecule has 21 heavy (non-hydrogen) atoms. The van der Waals surface area contributed by atoms with Gasteiger partial charge < -0.3 is 14.9 Å². The lowest BCUT2D eigenvalue weighted by Gasteiger charge is -2.23. The van der Waals surface area contributed by atoms with Crippen LogP contribution >= 0.6 is 15.9 Å². The Kier molecular flexibility index (Phi) is 5.06. The highest BCUT2D eigenvalue weighted by atomic mass is 79.9. The predicted molar refractivity (Wildman–Crippen MR) is 86.4 cm³/mol. The SMILES string of the molecule is CCC(NC(C)c1c(C)noc1C)c1cc(Br)ccc1O. The van der Waals surface area contributed by atoms with Crippen LogP contribution in [0.15, 0.2) is 27.2 Å². The predicted octanol–water partition coefficient (Wildman–Crippen LogP) is 4.56. The van der Waals surface area contributed by atoms with Crippen molar-refractivity contribution in [3.63, 3.8) is 0 Å². The first kappa shape index (κ1) is 16.0. The smallest absolute Gasteiger partial charge is 0.138 e. The summed E-state index contributed by atoms with van der Waals surface area (Å²) in [6.45, 7) is 8.05. The van der Waals surface area contributed by atoms with Gasteiger partial charge in [-0.3, -0.25) is 0 Å². The summed E-state index contributed by atoms with van der Waals surface area (Å²) in [5.74, 6) is 1.14. The Bertz CT molecular complexity index is 605. The molecule has 2 N–H and O–H groups in total. The Morgan fingerprint density at radius 2 is 2.10 bits per heavy atom. The Balaban J connectivity index is 2.25. The highest BCUT2D eigenvalue weighted by Crippen LogP contribution is 2.32. The maximum Gasteiger partial charge on any atom is 0.138 e. The van der Waals surface area contributed by atoms with Gasteiger partial charge in [-0.05, 0) is 45.4 Å². The average Bonchev–Trinajstić information content (AvgIpc) is 2.78. The second-order valence-corrected chi connectivity index (χ2v) is 6.21. The number of aromatic nitrogens is 1. The molecule has 0 saturated carbocycles. The van der Waals surface area contributed by atoms with Crippen molar-refractivity contribution in [1.29, 1.82) is 0 Å². The monoisotopic (exact) mass is 352 g/mol. The van der Waals surface area contributed by atoms with E-state index < -0.39 is 0 Å². The molecule has 0 fully saturated rings. The summed E-state index contributed by atoms with van der Waals surface area (Å²) in [6, 6.07) is 5.66. The molecule has 0 bridgehead atoms. The molecule has 0 spiro atoms. The van der Waals surface area contributed by atoms with Crippen LogP contribution in [0, 0.1) is 13.8 Å². The lowest BCUT2D eigenvalue weighted by molar-refractivity contribution is 0.387. The highest BCUT2D eigenvalue weighted by Gasteiger charge is 2.21. The van der Waals surface area contributed by atoms with Crippen molar-refractivity contribution in [1.82, 2.24) is 10.5 Å². The molecule has 2 atom stereocenters. The zero-order valence-corrected chi connectivity index (χ0v) is 14.4. The highest BCUT2D eigenvalue weighted by molar-refractivity contribution is 9.10. The number of phenolic OH excluding ortho intramolecular Hbond substituents is 1. The molecule has 2 unspecified atom stereocenters. The maximum absolute atomic E-state index is 10.1.